The lowest BCUT2D eigenvalue weighted by Gasteiger charge is -2.32. The third-order valence-corrected chi connectivity index (χ3v) is 15.3. The number of hydrogen-bond donors (Lipinski definition) is 0. The standard InChI is InChI=1S/C64H43N/c1-63(2)55-24-11-7-20-49(55)52-37-35-43(39-60(52)63)65(42-33-30-40(31-34-42)41-32-36-48-46-18-4-3-16-44(46)45-17-5-6-19-47(45)54(48)38-41)61-29-15-28-59-62(61)53-23-10-14-27-58(53)64(59)56-25-12-8-21-50(56)51-22-9-13-26-57(51)64/h3-39H,1-2H3. The van der Waals surface area contributed by atoms with Gasteiger partial charge in [0.1, 0.15) is 0 Å². The molecule has 3 aliphatic carbocycles. The Morgan fingerprint density at radius 1 is 0.292 bits per heavy atom. The van der Waals surface area contributed by atoms with Gasteiger partial charge in [-0.15, -0.1) is 0 Å². The summed E-state index contributed by atoms with van der Waals surface area (Å²) in [5, 5.41) is 7.75. The minimum atomic E-state index is -0.433. The zero-order valence-electron chi connectivity index (χ0n) is 36.3. The Labute approximate surface area is 379 Å². The molecule has 304 valence electrons. The average Bonchev–Trinajstić information content (AvgIpc) is 3.93. The van der Waals surface area contributed by atoms with Crippen LogP contribution in [0.1, 0.15) is 47.2 Å². The summed E-state index contributed by atoms with van der Waals surface area (Å²) >= 11 is 0. The zero-order chi connectivity index (χ0) is 43.0. The quantitative estimate of drug-likeness (QED) is 0.160. The second-order valence-corrected chi connectivity index (χ2v) is 18.7. The van der Waals surface area contributed by atoms with Gasteiger partial charge in [-0.2, -0.15) is 0 Å². The Morgan fingerprint density at radius 3 is 1.37 bits per heavy atom. The molecule has 65 heavy (non-hydrogen) atoms. The normalized spacial score (nSPS) is 14.2. The van der Waals surface area contributed by atoms with E-state index < -0.39 is 5.41 Å². The van der Waals surface area contributed by atoms with E-state index in [0.29, 0.717) is 0 Å². The van der Waals surface area contributed by atoms with Crippen molar-refractivity contribution >= 4 is 49.4 Å². The van der Waals surface area contributed by atoms with Gasteiger partial charge >= 0.3 is 0 Å². The van der Waals surface area contributed by atoms with Gasteiger partial charge in [0, 0.05) is 22.4 Å². The number of hydrogen-bond acceptors (Lipinski definition) is 1. The van der Waals surface area contributed by atoms with Crippen molar-refractivity contribution in [3.8, 4) is 44.5 Å². The molecule has 0 amide bonds. The fraction of sp³-hybridized carbons (Fsp3) is 0.0625. The van der Waals surface area contributed by atoms with Gasteiger partial charge in [0.15, 0.2) is 0 Å². The summed E-state index contributed by atoms with van der Waals surface area (Å²) in [6.07, 6.45) is 0. The fourth-order valence-corrected chi connectivity index (χ4v) is 12.5. The van der Waals surface area contributed by atoms with Crippen LogP contribution in [0.4, 0.5) is 17.1 Å². The van der Waals surface area contributed by atoms with Crippen LogP contribution in [0, 0.1) is 0 Å². The maximum atomic E-state index is 2.53. The van der Waals surface area contributed by atoms with Crippen molar-refractivity contribution in [2.75, 3.05) is 4.90 Å². The maximum Gasteiger partial charge on any atom is 0.0726 e. The molecular weight excluding hydrogens is 783 g/mol. The van der Waals surface area contributed by atoms with E-state index in [9.17, 15) is 0 Å². The van der Waals surface area contributed by atoms with Crippen LogP contribution in [0.3, 0.4) is 0 Å². The van der Waals surface area contributed by atoms with Crippen LogP contribution < -0.4 is 4.90 Å². The van der Waals surface area contributed by atoms with Gasteiger partial charge in [-0.05, 0) is 141 Å². The number of nitrogens with zero attached hydrogens (tertiary/aromatic N) is 1. The first-order valence-electron chi connectivity index (χ1n) is 22.9. The Bertz CT molecular complexity index is 3730. The van der Waals surface area contributed by atoms with Gasteiger partial charge in [-0.1, -0.05) is 202 Å². The highest BCUT2D eigenvalue weighted by Crippen LogP contribution is 2.65. The molecule has 0 aromatic heterocycles. The smallest absolute Gasteiger partial charge is 0.0726 e. The Balaban J connectivity index is 0.987. The van der Waals surface area contributed by atoms with Crippen molar-refractivity contribution < 1.29 is 0 Å². The molecule has 0 atom stereocenters. The molecule has 0 radical (unpaired) electrons. The van der Waals surface area contributed by atoms with E-state index in [1.54, 1.807) is 0 Å². The summed E-state index contributed by atoms with van der Waals surface area (Å²) in [6.45, 7) is 4.76. The molecule has 0 unspecified atom stereocenters. The Kier molecular flexibility index (Phi) is 7.45. The molecule has 11 aromatic carbocycles. The molecule has 0 saturated heterocycles. The van der Waals surface area contributed by atoms with Crippen molar-refractivity contribution in [1.82, 2.24) is 0 Å². The van der Waals surface area contributed by atoms with Crippen molar-refractivity contribution in [3.63, 3.8) is 0 Å². The van der Waals surface area contributed by atoms with Crippen LogP contribution in [0.5, 0.6) is 0 Å². The first-order chi connectivity index (χ1) is 32.0. The fourth-order valence-electron chi connectivity index (χ4n) is 12.5. The topological polar surface area (TPSA) is 3.24 Å². The molecule has 1 nitrogen and oxygen atoms in total. The van der Waals surface area contributed by atoms with Crippen LogP contribution in [-0.2, 0) is 10.8 Å². The zero-order valence-corrected chi connectivity index (χ0v) is 36.3. The SMILES string of the molecule is CC1(C)c2ccccc2-c2ccc(N(c3ccc(-c4ccc5c6ccccc6c6ccccc6c5c4)cc3)c3cccc4c3-c3ccccc3C43c4ccccc4-c4ccccc43)cc21. The van der Waals surface area contributed by atoms with E-state index in [1.807, 2.05) is 0 Å². The largest absolute Gasteiger partial charge is 0.310 e. The minimum absolute atomic E-state index is 0.143. The summed E-state index contributed by atoms with van der Waals surface area (Å²) < 4.78 is 0. The Hall–Kier alpha value is -8.00. The van der Waals surface area contributed by atoms with E-state index in [2.05, 4.69) is 243 Å². The predicted molar refractivity (Wildman–Crippen MR) is 273 cm³/mol. The first kappa shape index (κ1) is 36.5. The molecule has 1 heteroatoms. The number of anilines is 3. The highest BCUT2D eigenvalue weighted by atomic mass is 15.1. The predicted octanol–water partition coefficient (Wildman–Crippen LogP) is 16.9. The summed E-state index contributed by atoms with van der Waals surface area (Å²) in [5.41, 5.74) is 21.3. The molecule has 0 bridgehead atoms. The van der Waals surface area contributed by atoms with Crippen LogP contribution in [0.25, 0.3) is 76.8 Å². The molecular formula is C64H43N. The van der Waals surface area contributed by atoms with Crippen LogP contribution >= 0.6 is 0 Å². The Morgan fingerprint density at radius 2 is 0.738 bits per heavy atom. The van der Waals surface area contributed by atoms with Crippen molar-refractivity contribution in [2.24, 2.45) is 0 Å². The lowest BCUT2D eigenvalue weighted by molar-refractivity contribution is 0.660. The molecule has 11 aromatic rings. The molecule has 3 aliphatic rings. The molecule has 14 rings (SSSR count). The van der Waals surface area contributed by atoms with E-state index in [4.69, 9.17) is 0 Å². The van der Waals surface area contributed by atoms with Gasteiger partial charge in [-0.3, -0.25) is 0 Å². The van der Waals surface area contributed by atoms with Crippen molar-refractivity contribution in [3.05, 3.63) is 258 Å². The molecule has 0 heterocycles. The summed E-state index contributed by atoms with van der Waals surface area (Å²) in [5.74, 6) is 0. The number of rotatable bonds is 4. The van der Waals surface area contributed by atoms with E-state index in [0.717, 1.165) is 11.4 Å². The molecule has 0 N–H and O–H groups in total. The lowest BCUT2D eigenvalue weighted by Crippen LogP contribution is -2.26. The van der Waals surface area contributed by atoms with Crippen LogP contribution in [0.15, 0.2) is 224 Å². The average molecular weight is 826 g/mol. The minimum Gasteiger partial charge on any atom is -0.310 e. The summed E-state index contributed by atoms with van der Waals surface area (Å²) in [4.78, 5) is 2.53. The molecule has 0 fully saturated rings. The van der Waals surface area contributed by atoms with E-state index in [1.165, 1.54) is 116 Å². The van der Waals surface area contributed by atoms with E-state index in [-0.39, 0.29) is 5.41 Å². The van der Waals surface area contributed by atoms with Gasteiger partial charge in [-0.25, -0.2) is 0 Å². The number of fused-ring (bicyclic) bond motifs is 19. The second-order valence-electron chi connectivity index (χ2n) is 18.7. The summed E-state index contributed by atoms with van der Waals surface area (Å²) in [6, 6.07) is 84.5. The third kappa shape index (κ3) is 4.82. The van der Waals surface area contributed by atoms with Gasteiger partial charge in [0.25, 0.3) is 0 Å². The van der Waals surface area contributed by atoms with Gasteiger partial charge in [0.2, 0.25) is 0 Å². The lowest BCUT2D eigenvalue weighted by atomic mass is 9.70. The van der Waals surface area contributed by atoms with Crippen molar-refractivity contribution in [2.45, 2.75) is 24.7 Å². The van der Waals surface area contributed by atoms with Crippen LogP contribution in [-0.4, -0.2) is 0 Å². The summed E-state index contributed by atoms with van der Waals surface area (Å²) in [7, 11) is 0. The molecule has 0 saturated carbocycles. The van der Waals surface area contributed by atoms with E-state index >= 15 is 0 Å². The number of benzene rings is 11. The third-order valence-electron chi connectivity index (χ3n) is 15.3. The highest BCUT2D eigenvalue weighted by Gasteiger charge is 2.52. The maximum absolute atomic E-state index is 2.53. The first-order valence-corrected chi connectivity index (χ1v) is 22.9. The van der Waals surface area contributed by atoms with Gasteiger partial charge in [0.05, 0.1) is 11.1 Å². The monoisotopic (exact) mass is 825 g/mol. The van der Waals surface area contributed by atoms with Crippen LogP contribution in [0.2, 0.25) is 0 Å². The highest BCUT2D eigenvalue weighted by molar-refractivity contribution is 6.25. The van der Waals surface area contributed by atoms with Crippen molar-refractivity contribution in [1.29, 1.82) is 0 Å². The second kappa shape index (κ2) is 13.3. The molecule has 1 spiro atoms. The molecule has 0 aliphatic heterocycles. The van der Waals surface area contributed by atoms with Gasteiger partial charge < -0.3 is 4.90 Å².